The van der Waals surface area contributed by atoms with Crippen molar-refractivity contribution in [3.63, 3.8) is 0 Å². The Balaban J connectivity index is 0. The Morgan fingerprint density at radius 2 is 1.56 bits per heavy atom. The van der Waals surface area contributed by atoms with Crippen molar-refractivity contribution in [1.29, 1.82) is 0 Å². The van der Waals surface area contributed by atoms with Crippen LogP contribution in [0.5, 0.6) is 0 Å². The van der Waals surface area contributed by atoms with E-state index in [4.69, 9.17) is 14.2 Å². The minimum Gasteiger partial charge on any atom is -0.748 e. The molecule has 0 saturated heterocycles. The average molecular weight is 290 g/mol. The summed E-state index contributed by atoms with van der Waals surface area (Å²) in [4.78, 5) is 0. The van der Waals surface area contributed by atoms with E-state index in [2.05, 4.69) is 6.58 Å². The van der Waals surface area contributed by atoms with Crippen LogP contribution in [-0.2, 0) is 24.3 Å². The maximum Gasteiger partial charge on any atom is 1.00 e. The molecule has 0 aromatic rings. The summed E-state index contributed by atoms with van der Waals surface area (Å²) >= 11 is 0. The number of rotatable bonds is 12. The molecule has 0 spiro atoms. The van der Waals surface area contributed by atoms with Crippen molar-refractivity contribution in [1.82, 2.24) is 0 Å². The number of unbranched alkanes of at least 4 members (excludes halogenated alkanes) is 1. The molecule has 8 heteroatoms. The molecule has 0 amide bonds. The van der Waals surface area contributed by atoms with Gasteiger partial charge in [0.15, 0.2) is 0 Å². The van der Waals surface area contributed by atoms with Crippen LogP contribution in [0.3, 0.4) is 0 Å². The first-order valence-electron chi connectivity index (χ1n) is 5.38. The van der Waals surface area contributed by atoms with Crippen molar-refractivity contribution in [2.75, 3.05) is 38.8 Å². The minimum atomic E-state index is -4.09. The Morgan fingerprint density at radius 3 is 2.11 bits per heavy atom. The number of hydrogen-bond donors (Lipinski definition) is 0. The fourth-order valence-corrected chi connectivity index (χ4v) is 1.55. The zero-order chi connectivity index (χ0) is 13.0. The Labute approximate surface area is 131 Å². The van der Waals surface area contributed by atoms with Crippen LogP contribution in [0.15, 0.2) is 12.8 Å². The van der Waals surface area contributed by atoms with Crippen LogP contribution in [0.1, 0.15) is 12.8 Å². The predicted octanol–water partition coefficient (Wildman–Crippen LogP) is -2.49. The Kier molecular flexibility index (Phi) is 15.8. The van der Waals surface area contributed by atoms with Crippen LogP contribution >= 0.6 is 0 Å². The van der Waals surface area contributed by atoms with Gasteiger partial charge in [-0.3, -0.25) is 0 Å². The van der Waals surface area contributed by atoms with Gasteiger partial charge in [-0.15, -0.1) is 0 Å². The third kappa shape index (κ3) is 18.7. The minimum absolute atomic E-state index is 0. The zero-order valence-corrected chi connectivity index (χ0v) is 13.6. The molecule has 6 nitrogen and oxygen atoms in total. The summed E-state index contributed by atoms with van der Waals surface area (Å²) in [6.07, 6.45) is 2.24. The first-order chi connectivity index (χ1) is 8.06. The summed E-state index contributed by atoms with van der Waals surface area (Å²) in [6.45, 7) is 5.66. The molecule has 0 fully saturated rings. The molecule has 0 radical (unpaired) electrons. The van der Waals surface area contributed by atoms with Crippen molar-refractivity contribution < 1.29 is 56.7 Å². The van der Waals surface area contributed by atoms with Gasteiger partial charge in [-0.25, -0.2) is 8.42 Å². The molecule has 0 atom stereocenters. The second-order valence-electron chi connectivity index (χ2n) is 3.23. The quantitative estimate of drug-likeness (QED) is 0.171. The smallest absolute Gasteiger partial charge is 0.748 e. The van der Waals surface area contributed by atoms with E-state index in [-0.39, 0.29) is 35.3 Å². The summed E-state index contributed by atoms with van der Waals surface area (Å²) in [5, 5.41) is 0. The van der Waals surface area contributed by atoms with Crippen molar-refractivity contribution >= 4 is 10.1 Å². The fraction of sp³-hybridized carbons (Fsp3) is 0.800. The number of ether oxygens (including phenoxy) is 3. The molecular weight excluding hydrogens is 271 g/mol. The Morgan fingerprint density at radius 1 is 1.00 bits per heavy atom. The van der Waals surface area contributed by atoms with Gasteiger partial charge >= 0.3 is 29.6 Å². The fourth-order valence-electron chi connectivity index (χ4n) is 0.995. The third-order valence-corrected chi connectivity index (χ3v) is 2.56. The molecule has 0 aromatic carbocycles. The molecule has 0 N–H and O–H groups in total. The summed E-state index contributed by atoms with van der Waals surface area (Å²) in [7, 11) is -4.09. The molecule has 102 valence electrons. The largest absolute Gasteiger partial charge is 1.00 e. The van der Waals surface area contributed by atoms with Gasteiger partial charge in [0, 0.05) is 12.4 Å². The molecule has 0 unspecified atom stereocenters. The molecule has 0 heterocycles. The van der Waals surface area contributed by atoms with Gasteiger partial charge in [0.25, 0.3) is 0 Å². The monoisotopic (exact) mass is 290 g/mol. The van der Waals surface area contributed by atoms with E-state index >= 15 is 0 Å². The molecule has 0 aliphatic heterocycles. The molecule has 18 heavy (non-hydrogen) atoms. The molecule has 0 rings (SSSR count). The maximum atomic E-state index is 10.3. The van der Waals surface area contributed by atoms with E-state index in [0.717, 1.165) is 0 Å². The summed E-state index contributed by atoms with van der Waals surface area (Å²) < 4.78 is 45.9. The van der Waals surface area contributed by atoms with Gasteiger partial charge in [-0.05, 0) is 12.8 Å². The first-order valence-corrected chi connectivity index (χ1v) is 6.95. The predicted molar refractivity (Wildman–Crippen MR) is 61.6 cm³/mol. The second kappa shape index (κ2) is 13.8. The molecule has 0 bridgehead atoms. The molecule has 0 saturated carbocycles. The van der Waals surface area contributed by atoms with Crippen LogP contribution in [0, 0.1) is 0 Å². The van der Waals surface area contributed by atoms with E-state index < -0.39 is 10.1 Å². The van der Waals surface area contributed by atoms with Gasteiger partial charge in [0.05, 0.1) is 36.2 Å². The SMILES string of the molecule is C=COCCOCCOCCCCS(=O)(=O)[O-].[Na+]. The van der Waals surface area contributed by atoms with Crippen molar-refractivity contribution in [2.45, 2.75) is 12.8 Å². The van der Waals surface area contributed by atoms with Gasteiger partial charge in [-0.1, -0.05) is 6.58 Å². The maximum absolute atomic E-state index is 10.3. The van der Waals surface area contributed by atoms with E-state index in [0.29, 0.717) is 45.9 Å². The van der Waals surface area contributed by atoms with E-state index in [1.54, 1.807) is 0 Å². The Bertz CT molecular complexity index is 280. The molecule has 0 aromatic heterocycles. The molecule has 0 aliphatic rings. The van der Waals surface area contributed by atoms with Gasteiger partial charge in [-0.2, -0.15) is 0 Å². The Hall–Kier alpha value is 0.370. The van der Waals surface area contributed by atoms with Crippen LogP contribution in [0.4, 0.5) is 0 Å². The van der Waals surface area contributed by atoms with Crippen molar-refractivity contribution in [3.05, 3.63) is 12.8 Å². The van der Waals surface area contributed by atoms with Gasteiger partial charge in [0.2, 0.25) is 0 Å². The van der Waals surface area contributed by atoms with E-state index in [1.165, 1.54) is 6.26 Å². The molecular formula is C10H19NaO6S. The standard InChI is InChI=1S/C10H20O6S.Na/c1-2-14-6-7-16-9-8-15-5-3-4-10-17(11,12)13;/h2H,1,3-10H2,(H,11,12,13);/q;+1/p-1. The topological polar surface area (TPSA) is 84.9 Å². The van der Waals surface area contributed by atoms with Crippen LogP contribution in [0.2, 0.25) is 0 Å². The van der Waals surface area contributed by atoms with Crippen molar-refractivity contribution in [2.24, 2.45) is 0 Å². The number of hydrogen-bond acceptors (Lipinski definition) is 6. The zero-order valence-electron chi connectivity index (χ0n) is 10.8. The van der Waals surface area contributed by atoms with E-state index in [1.807, 2.05) is 0 Å². The normalized spacial score (nSPS) is 10.7. The van der Waals surface area contributed by atoms with Gasteiger partial charge in [0.1, 0.15) is 6.61 Å². The van der Waals surface area contributed by atoms with Gasteiger partial charge < -0.3 is 18.8 Å². The third-order valence-electron chi connectivity index (χ3n) is 1.77. The first kappa shape index (κ1) is 20.7. The van der Waals surface area contributed by atoms with Crippen LogP contribution < -0.4 is 29.6 Å². The van der Waals surface area contributed by atoms with Crippen molar-refractivity contribution in [3.8, 4) is 0 Å². The average Bonchev–Trinajstić information content (AvgIpc) is 2.24. The molecule has 0 aliphatic carbocycles. The summed E-state index contributed by atoms with van der Waals surface area (Å²) in [5.74, 6) is -0.328. The van der Waals surface area contributed by atoms with Crippen LogP contribution in [-0.4, -0.2) is 51.8 Å². The van der Waals surface area contributed by atoms with Crippen LogP contribution in [0.25, 0.3) is 0 Å². The second-order valence-corrected chi connectivity index (χ2v) is 4.75. The summed E-state index contributed by atoms with van der Waals surface area (Å²) in [5.41, 5.74) is 0. The summed E-state index contributed by atoms with van der Waals surface area (Å²) in [6, 6.07) is 0. The van der Waals surface area contributed by atoms with E-state index in [9.17, 15) is 13.0 Å².